The number of nitrogens with one attached hydrogen (secondary N) is 3. The Bertz CT molecular complexity index is 1010. The standard InChI is InChI=1S/C22H26N6O2/c1-16(29)23-17-5-4-6-18(13-17)24-22(30)15-28-11-9-27(10-12-28)14-21-25-19-7-2-3-8-20(19)26-21/h2-8,13H,9-12,14-15H2,1H3,(H,23,29)(H,24,30)(H,25,26). The first kappa shape index (κ1) is 20.1. The molecule has 8 heteroatoms. The van der Waals surface area contributed by atoms with Crippen LogP contribution in [0.15, 0.2) is 48.5 Å². The molecule has 0 bridgehead atoms. The van der Waals surface area contributed by atoms with Gasteiger partial charge in [0.05, 0.1) is 24.1 Å². The van der Waals surface area contributed by atoms with E-state index in [1.54, 1.807) is 18.2 Å². The molecule has 156 valence electrons. The predicted molar refractivity (Wildman–Crippen MR) is 117 cm³/mol. The fourth-order valence-corrected chi connectivity index (χ4v) is 3.68. The molecule has 0 atom stereocenters. The van der Waals surface area contributed by atoms with E-state index in [1.165, 1.54) is 6.92 Å². The lowest BCUT2D eigenvalue weighted by molar-refractivity contribution is -0.117. The summed E-state index contributed by atoms with van der Waals surface area (Å²) in [5.74, 6) is 0.779. The van der Waals surface area contributed by atoms with Gasteiger partial charge in [-0.15, -0.1) is 0 Å². The van der Waals surface area contributed by atoms with Gasteiger partial charge >= 0.3 is 0 Å². The molecule has 2 heterocycles. The second-order valence-corrected chi connectivity index (χ2v) is 7.56. The molecule has 0 aliphatic carbocycles. The van der Waals surface area contributed by atoms with Crippen LogP contribution in [0.25, 0.3) is 11.0 Å². The lowest BCUT2D eigenvalue weighted by Gasteiger charge is -2.33. The minimum absolute atomic E-state index is 0.0549. The molecule has 0 spiro atoms. The molecule has 30 heavy (non-hydrogen) atoms. The van der Waals surface area contributed by atoms with Crippen LogP contribution in [0.1, 0.15) is 12.7 Å². The van der Waals surface area contributed by atoms with E-state index in [-0.39, 0.29) is 11.8 Å². The third kappa shape index (κ3) is 5.22. The molecule has 8 nitrogen and oxygen atoms in total. The molecule has 1 fully saturated rings. The average Bonchev–Trinajstić information content (AvgIpc) is 3.11. The van der Waals surface area contributed by atoms with Crippen LogP contribution >= 0.6 is 0 Å². The van der Waals surface area contributed by atoms with Crippen LogP contribution in [0, 0.1) is 0 Å². The lowest BCUT2D eigenvalue weighted by atomic mass is 10.2. The number of piperazine rings is 1. The van der Waals surface area contributed by atoms with Gasteiger partial charge in [0.15, 0.2) is 0 Å². The van der Waals surface area contributed by atoms with Crippen LogP contribution in [0.2, 0.25) is 0 Å². The van der Waals surface area contributed by atoms with Gasteiger partial charge in [-0.25, -0.2) is 4.98 Å². The fourth-order valence-electron chi connectivity index (χ4n) is 3.68. The first-order valence-electron chi connectivity index (χ1n) is 10.1. The third-order valence-corrected chi connectivity index (χ3v) is 5.11. The summed E-state index contributed by atoms with van der Waals surface area (Å²) in [7, 11) is 0. The average molecular weight is 406 g/mol. The summed E-state index contributed by atoms with van der Waals surface area (Å²) in [5, 5.41) is 5.63. The van der Waals surface area contributed by atoms with Crippen LogP contribution in [0.5, 0.6) is 0 Å². The number of hydrogen-bond donors (Lipinski definition) is 3. The molecule has 3 aromatic rings. The molecule has 2 aromatic carbocycles. The maximum atomic E-state index is 12.4. The van der Waals surface area contributed by atoms with Gasteiger partial charge in [-0.1, -0.05) is 18.2 Å². The Kier molecular flexibility index (Phi) is 6.06. The minimum atomic E-state index is -0.140. The Balaban J connectivity index is 1.24. The maximum absolute atomic E-state index is 12.4. The molecular weight excluding hydrogens is 380 g/mol. The molecule has 4 rings (SSSR count). The minimum Gasteiger partial charge on any atom is -0.341 e. The summed E-state index contributed by atoms with van der Waals surface area (Å²) in [6.45, 7) is 6.04. The zero-order valence-corrected chi connectivity index (χ0v) is 17.0. The lowest BCUT2D eigenvalue weighted by Crippen LogP contribution is -2.48. The molecule has 1 saturated heterocycles. The molecule has 1 aromatic heterocycles. The molecule has 1 aliphatic heterocycles. The topological polar surface area (TPSA) is 93.4 Å². The number of aromatic amines is 1. The van der Waals surface area contributed by atoms with E-state index in [0.29, 0.717) is 17.9 Å². The number of imidazole rings is 1. The van der Waals surface area contributed by atoms with Gasteiger partial charge in [-0.05, 0) is 30.3 Å². The van der Waals surface area contributed by atoms with E-state index in [1.807, 2.05) is 30.3 Å². The number of fused-ring (bicyclic) bond motifs is 1. The second-order valence-electron chi connectivity index (χ2n) is 7.56. The largest absolute Gasteiger partial charge is 0.341 e. The number of carbonyl (C=O) groups is 2. The zero-order chi connectivity index (χ0) is 20.9. The highest BCUT2D eigenvalue weighted by molar-refractivity contribution is 5.94. The highest BCUT2D eigenvalue weighted by atomic mass is 16.2. The Morgan fingerprint density at radius 2 is 1.67 bits per heavy atom. The number of benzene rings is 2. The summed E-state index contributed by atoms with van der Waals surface area (Å²) in [6, 6.07) is 15.2. The highest BCUT2D eigenvalue weighted by Gasteiger charge is 2.20. The van der Waals surface area contributed by atoms with Crippen molar-refractivity contribution in [2.24, 2.45) is 0 Å². The number of amides is 2. The van der Waals surface area contributed by atoms with Crippen molar-refractivity contribution in [2.45, 2.75) is 13.5 Å². The third-order valence-electron chi connectivity index (χ3n) is 5.11. The number of para-hydroxylation sites is 2. The smallest absolute Gasteiger partial charge is 0.238 e. The Hall–Kier alpha value is -3.23. The first-order valence-corrected chi connectivity index (χ1v) is 10.1. The van der Waals surface area contributed by atoms with Crippen LogP contribution in [-0.4, -0.2) is 64.3 Å². The molecule has 0 saturated carbocycles. The Morgan fingerprint density at radius 3 is 2.40 bits per heavy atom. The zero-order valence-electron chi connectivity index (χ0n) is 17.0. The second kappa shape index (κ2) is 9.06. The van der Waals surface area contributed by atoms with Crippen LogP contribution < -0.4 is 10.6 Å². The SMILES string of the molecule is CC(=O)Nc1cccc(NC(=O)CN2CCN(Cc3nc4ccccc4[nH]3)CC2)c1. The van der Waals surface area contributed by atoms with E-state index in [4.69, 9.17) is 0 Å². The van der Waals surface area contributed by atoms with Crippen LogP contribution in [-0.2, 0) is 16.1 Å². The van der Waals surface area contributed by atoms with E-state index in [0.717, 1.165) is 49.6 Å². The summed E-state index contributed by atoms with van der Waals surface area (Å²) in [4.78, 5) is 36.1. The normalized spacial score (nSPS) is 15.2. The van der Waals surface area contributed by atoms with Crippen molar-refractivity contribution >= 4 is 34.2 Å². The number of anilines is 2. The van der Waals surface area contributed by atoms with Crippen molar-refractivity contribution in [3.8, 4) is 0 Å². The van der Waals surface area contributed by atoms with Crippen molar-refractivity contribution < 1.29 is 9.59 Å². The van der Waals surface area contributed by atoms with Crippen LogP contribution in [0.4, 0.5) is 11.4 Å². The summed E-state index contributed by atoms with van der Waals surface area (Å²) < 4.78 is 0. The molecule has 1 aliphatic rings. The molecule has 2 amide bonds. The molecular formula is C22H26N6O2. The van der Waals surface area contributed by atoms with Crippen molar-refractivity contribution in [3.63, 3.8) is 0 Å². The fraction of sp³-hybridized carbons (Fsp3) is 0.318. The highest BCUT2D eigenvalue weighted by Crippen LogP contribution is 2.16. The van der Waals surface area contributed by atoms with Crippen molar-refractivity contribution in [1.82, 2.24) is 19.8 Å². The van der Waals surface area contributed by atoms with Crippen molar-refractivity contribution in [1.29, 1.82) is 0 Å². The monoisotopic (exact) mass is 406 g/mol. The molecule has 0 radical (unpaired) electrons. The molecule has 0 unspecified atom stereocenters. The number of carbonyl (C=O) groups excluding carboxylic acids is 2. The van der Waals surface area contributed by atoms with Crippen molar-refractivity contribution in [3.05, 3.63) is 54.4 Å². The van der Waals surface area contributed by atoms with Gasteiger partial charge in [-0.3, -0.25) is 19.4 Å². The van der Waals surface area contributed by atoms with E-state index >= 15 is 0 Å². The predicted octanol–water partition coefficient (Wildman–Crippen LogP) is 2.28. The molecule has 3 N–H and O–H groups in total. The van der Waals surface area contributed by atoms with Gasteiger partial charge in [-0.2, -0.15) is 0 Å². The van der Waals surface area contributed by atoms with E-state index in [2.05, 4.69) is 30.4 Å². The van der Waals surface area contributed by atoms with Gasteiger partial charge < -0.3 is 15.6 Å². The Labute approximate surface area is 175 Å². The number of aromatic nitrogens is 2. The van der Waals surface area contributed by atoms with Gasteiger partial charge in [0.1, 0.15) is 5.82 Å². The summed E-state index contributed by atoms with van der Waals surface area (Å²) in [5.41, 5.74) is 3.39. The quantitative estimate of drug-likeness (QED) is 0.584. The maximum Gasteiger partial charge on any atom is 0.238 e. The first-order chi connectivity index (χ1) is 14.5. The van der Waals surface area contributed by atoms with Crippen LogP contribution in [0.3, 0.4) is 0 Å². The summed E-state index contributed by atoms with van der Waals surface area (Å²) >= 11 is 0. The van der Waals surface area contributed by atoms with Gasteiger partial charge in [0.25, 0.3) is 0 Å². The number of H-pyrrole nitrogens is 1. The number of hydrogen-bond acceptors (Lipinski definition) is 5. The van der Waals surface area contributed by atoms with Gasteiger partial charge in [0.2, 0.25) is 11.8 Å². The van der Waals surface area contributed by atoms with Gasteiger partial charge in [0, 0.05) is 44.5 Å². The number of nitrogens with zero attached hydrogens (tertiary/aromatic N) is 3. The summed E-state index contributed by atoms with van der Waals surface area (Å²) in [6.07, 6.45) is 0. The van der Waals surface area contributed by atoms with Crippen molar-refractivity contribution in [2.75, 3.05) is 43.4 Å². The Morgan fingerprint density at radius 1 is 0.967 bits per heavy atom. The van der Waals surface area contributed by atoms with E-state index < -0.39 is 0 Å². The van der Waals surface area contributed by atoms with E-state index in [9.17, 15) is 9.59 Å². The number of rotatable bonds is 6.